The molecule has 3 aromatic rings. The van der Waals surface area contributed by atoms with Crippen molar-refractivity contribution in [1.29, 1.82) is 0 Å². The van der Waals surface area contributed by atoms with Crippen molar-refractivity contribution in [2.75, 3.05) is 0 Å². The first kappa shape index (κ1) is 21.4. The highest BCUT2D eigenvalue weighted by Crippen LogP contribution is 2.29. The molecule has 0 spiro atoms. The van der Waals surface area contributed by atoms with Crippen molar-refractivity contribution in [2.45, 2.75) is 46.5 Å². The van der Waals surface area contributed by atoms with Gasteiger partial charge in [0.2, 0.25) is 0 Å². The summed E-state index contributed by atoms with van der Waals surface area (Å²) in [6.07, 6.45) is 5.62. The first-order chi connectivity index (χ1) is 13.1. The highest BCUT2D eigenvalue weighted by molar-refractivity contribution is 6.32. The molecule has 0 unspecified atom stereocenters. The second kappa shape index (κ2) is 8.22. The second-order valence-corrected chi connectivity index (χ2v) is 8.83. The van der Waals surface area contributed by atoms with Crippen LogP contribution in [0.4, 0.5) is 0 Å². The average Bonchev–Trinajstić information content (AvgIpc) is 3.14. The Balaban J connectivity index is 1.75. The minimum Gasteiger partial charge on any atom is -0.353 e. The molecule has 0 atom stereocenters. The van der Waals surface area contributed by atoms with Crippen molar-refractivity contribution in [3.63, 3.8) is 0 Å². The van der Waals surface area contributed by atoms with Crippen molar-refractivity contribution < 1.29 is 0 Å². The Morgan fingerprint density at radius 1 is 0.821 bits per heavy atom. The summed E-state index contributed by atoms with van der Waals surface area (Å²) in [5.41, 5.74) is 8.40. The molecule has 0 N–H and O–H groups in total. The number of hydrogen-bond acceptors (Lipinski definition) is 0. The van der Waals surface area contributed by atoms with Gasteiger partial charge in [0.05, 0.1) is 5.02 Å². The van der Waals surface area contributed by atoms with Crippen molar-refractivity contribution in [1.82, 2.24) is 13.7 Å². The lowest BCUT2D eigenvalue weighted by Crippen LogP contribution is -2.00. The molecule has 0 saturated carbocycles. The fourth-order valence-electron chi connectivity index (χ4n) is 3.98. The molecule has 0 aliphatic carbocycles. The number of nitrogens with zero attached hydrogens (tertiary/aromatic N) is 3. The van der Waals surface area contributed by atoms with Crippen LogP contribution in [-0.4, -0.2) is 13.7 Å². The first-order valence-electron chi connectivity index (χ1n) is 9.57. The maximum absolute atomic E-state index is 6.63. The van der Waals surface area contributed by atoms with Crippen LogP contribution in [0.2, 0.25) is 15.3 Å². The predicted octanol–water partition coefficient (Wildman–Crippen LogP) is 6.16. The molecule has 28 heavy (non-hydrogen) atoms. The van der Waals surface area contributed by atoms with Gasteiger partial charge in [0.1, 0.15) is 10.3 Å². The maximum Gasteiger partial charge on any atom is 0.112 e. The molecule has 0 saturated heterocycles. The predicted molar refractivity (Wildman–Crippen MR) is 120 cm³/mol. The van der Waals surface area contributed by atoms with Gasteiger partial charge in [-0.15, -0.1) is 0 Å². The summed E-state index contributed by atoms with van der Waals surface area (Å²) in [4.78, 5) is 0. The summed E-state index contributed by atoms with van der Waals surface area (Å²) in [7, 11) is 6.09. The van der Waals surface area contributed by atoms with Gasteiger partial charge in [-0.25, -0.2) is 0 Å². The summed E-state index contributed by atoms with van der Waals surface area (Å²) >= 11 is 19.6. The minimum atomic E-state index is 0.809. The van der Waals surface area contributed by atoms with Crippen LogP contribution >= 0.6 is 34.8 Å². The quantitative estimate of drug-likeness (QED) is 0.436. The van der Waals surface area contributed by atoms with E-state index in [4.69, 9.17) is 34.8 Å². The number of halogens is 3. The molecule has 0 aromatic carbocycles. The Kier molecular flexibility index (Phi) is 6.29. The van der Waals surface area contributed by atoms with E-state index in [0.717, 1.165) is 52.3 Å². The van der Waals surface area contributed by atoms with Crippen LogP contribution in [0.25, 0.3) is 0 Å². The lowest BCUT2D eigenvalue weighted by molar-refractivity contribution is 0.790. The first-order valence-corrected chi connectivity index (χ1v) is 10.7. The van der Waals surface area contributed by atoms with Gasteiger partial charge in [-0.2, -0.15) is 0 Å². The van der Waals surface area contributed by atoms with Crippen LogP contribution in [-0.2, 0) is 46.8 Å². The second-order valence-electron chi connectivity index (χ2n) is 7.73. The molecule has 0 radical (unpaired) electrons. The SMILES string of the molecule is Cc1cn(C)c(CCc2cc(CCc3c(C)c(C)n(C)c3Cl)n(C)c2Cl)c1Cl. The minimum absolute atomic E-state index is 0.809. The molecule has 0 amide bonds. The lowest BCUT2D eigenvalue weighted by atomic mass is 10.1. The Hall–Kier alpha value is -1.29. The number of aryl methyl sites for hydroxylation is 4. The molecule has 0 fully saturated rings. The Morgan fingerprint density at radius 2 is 1.50 bits per heavy atom. The van der Waals surface area contributed by atoms with E-state index in [2.05, 4.69) is 39.8 Å². The van der Waals surface area contributed by atoms with Gasteiger partial charge >= 0.3 is 0 Å². The van der Waals surface area contributed by atoms with E-state index in [1.165, 1.54) is 28.1 Å². The molecular weight excluding hydrogens is 413 g/mol. The van der Waals surface area contributed by atoms with Crippen molar-refractivity contribution >= 4 is 34.8 Å². The van der Waals surface area contributed by atoms with Gasteiger partial charge in [0.15, 0.2) is 0 Å². The molecule has 0 bridgehead atoms. The average molecular weight is 441 g/mol. The Bertz CT molecular complexity index is 996. The fraction of sp³-hybridized carbons (Fsp3) is 0.455. The summed E-state index contributed by atoms with van der Waals surface area (Å²) < 4.78 is 6.26. The Morgan fingerprint density at radius 3 is 2.04 bits per heavy atom. The van der Waals surface area contributed by atoms with E-state index in [1.807, 2.05) is 28.1 Å². The van der Waals surface area contributed by atoms with Gasteiger partial charge in [0, 0.05) is 44.4 Å². The van der Waals surface area contributed by atoms with Crippen molar-refractivity contribution in [3.8, 4) is 0 Å². The molecule has 3 rings (SSSR count). The van der Waals surface area contributed by atoms with E-state index in [1.54, 1.807) is 0 Å². The van der Waals surface area contributed by atoms with Crippen LogP contribution in [0.15, 0.2) is 12.3 Å². The van der Waals surface area contributed by atoms with Crippen LogP contribution in [0.3, 0.4) is 0 Å². The molecule has 0 aliphatic rings. The largest absolute Gasteiger partial charge is 0.353 e. The Labute approximate surface area is 182 Å². The lowest BCUT2D eigenvalue weighted by Gasteiger charge is -2.05. The van der Waals surface area contributed by atoms with Crippen LogP contribution in [0, 0.1) is 20.8 Å². The monoisotopic (exact) mass is 439 g/mol. The van der Waals surface area contributed by atoms with Crippen LogP contribution in [0.1, 0.15) is 39.3 Å². The number of rotatable bonds is 6. The molecule has 3 nitrogen and oxygen atoms in total. The van der Waals surface area contributed by atoms with Gasteiger partial charge in [-0.3, -0.25) is 0 Å². The molecule has 0 aliphatic heterocycles. The third-order valence-electron chi connectivity index (χ3n) is 6.05. The topological polar surface area (TPSA) is 14.8 Å². The summed E-state index contributed by atoms with van der Waals surface area (Å²) in [5, 5.41) is 2.51. The highest BCUT2D eigenvalue weighted by Gasteiger charge is 2.17. The molecule has 6 heteroatoms. The summed E-state index contributed by atoms with van der Waals surface area (Å²) in [6.45, 7) is 6.29. The molecule has 3 aromatic heterocycles. The van der Waals surface area contributed by atoms with Crippen LogP contribution < -0.4 is 0 Å². The van der Waals surface area contributed by atoms with E-state index < -0.39 is 0 Å². The standard InChI is InChI=1S/C22H28Cl3N3/c1-13-12-26(4)19(20(13)23)10-7-16-11-17(28(6)21(16)24)8-9-18-14(2)15(3)27(5)22(18)25/h11-12H,7-10H2,1-6H3. The molecule has 3 heterocycles. The summed E-state index contributed by atoms with van der Waals surface area (Å²) in [6, 6.07) is 2.23. The van der Waals surface area contributed by atoms with Gasteiger partial charge in [0.25, 0.3) is 0 Å². The van der Waals surface area contributed by atoms with E-state index >= 15 is 0 Å². The van der Waals surface area contributed by atoms with Gasteiger partial charge in [-0.1, -0.05) is 34.8 Å². The zero-order chi connectivity index (χ0) is 20.7. The van der Waals surface area contributed by atoms with Crippen molar-refractivity contribution in [2.24, 2.45) is 21.1 Å². The zero-order valence-corrected chi connectivity index (χ0v) is 19.7. The summed E-state index contributed by atoms with van der Waals surface area (Å²) in [5.74, 6) is 0. The number of aromatic nitrogens is 3. The third kappa shape index (κ3) is 3.77. The fourth-order valence-corrected chi connectivity index (χ4v) is 4.88. The van der Waals surface area contributed by atoms with Crippen LogP contribution in [0.5, 0.6) is 0 Å². The van der Waals surface area contributed by atoms with Gasteiger partial charge in [-0.05, 0) is 74.8 Å². The smallest absolute Gasteiger partial charge is 0.112 e. The molecular formula is C22H28Cl3N3. The molecule has 152 valence electrons. The normalized spacial score (nSPS) is 11.6. The van der Waals surface area contributed by atoms with E-state index in [-0.39, 0.29) is 0 Å². The highest BCUT2D eigenvalue weighted by atomic mass is 35.5. The van der Waals surface area contributed by atoms with Crippen molar-refractivity contribution in [3.05, 3.63) is 66.9 Å². The van der Waals surface area contributed by atoms with E-state index in [0.29, 0.717) is 0 Å². The maximum atomic E-state index is 6.63. The number of hydrogen-bond donors (Lipinski definition) is 0. The van der Waals surface area contributed by atoms with E-state index in [9.17, 15) is 0 Å². The van der Waals surface area contributed by atoms with Gasteiger partial charge < -0.3 is 13.7 Å². The third-order valence-corrected chi connectivity index (χ3v) is 7.54. The zero-order valence-electron chi connectivity index (χ0n) is 17.5.